The van der Waals surface area contributed by atoms with E-state index in [0.717, 1.165) is 0 Å². The molecule has 0 aliphatic heterocycles. The number of amides is 1. The molecule has 7 heteroatoms. The molecule has 0 bridgehead atoms. The fourth-order valence-corrected chi connectivity index (χ4v) is 2.39. The van der Waals surface area contributed by atoms with Crippen LogP contribution in [0.25, 0.3) is 6.08 Å². The third-order valence-corrected chi connectivity index (χ3v) is 3.64. The molecule has 0 aliphatic rings. The summed E-state index contributed by atoms with van der Waals surface area (Å²) in [6.45, 7) is 2.31. The summed E-state index contributed by atoms with van der Waals surface area (Å²) in [7, 11) is 0. The molecule has 2 aromatic carbocycles. The Hall–Kier alpha value is -3.48. The largest absolute Gasteiger partial charge is 0.494 e. The van der Waals surface area contributed by atoms with E-state index in [1.165, 1.54) is 6.08 Å². The van der Waals surface area contributed by atoms with Gasteiger partial charge >= 0.3 is 0 Å². The van der Waals surface area contributed by atoms with Crippen molar-refractivity contribution in [2.45, 2.75) is 6.92 Å². The minimum atomic E-state index is -0.539. The van der Waals surface area contributed by atoms with Gasteiger partial charge in [0.05, 0.1) is 11.6 Å². The predicted octanol–water partition coefficient (Wildman–Crippen LogP) is 4.19. The molecule has 0 aliphatic carbocycles. The normalized spacial score (nSPS) is 10.4. The zero-order valence-electron chi connectivity index (χ0n) is 14.5. The summed E-state index contributed by atoms with van der Waals surface area (Å²) in [5.41, 5.74) is 1.02. The van der Waals surface area contributed by atoms with E-state index in [-0.39, 0.29) is 17.2 Å². The minimum absolute atomic E-state index is 0.0781. The monoisotopic (exact) mass is 381 g/mol. The van der Waals surface area contributed by atoms with Gasteiger partial charge in [-0.3, -0.25) is 4.79 Å². The summed E-state index contributed by atoms with van der Waals surface area (Å²) in [4.78, 5) is 12.3. The molecule has 2 rings (SSSR count). The summed E-state index contributed by atoms with van der Waals surface area (Å²) < 4.78 is 10.5. The number of anilines is 1. The van der Waals surface area contributed by atoms with Gasteiger partial charge in [-0.05, 0) is 55.0 Å². The minimum Gasteiger partial charge on any atom is -0.494 e. The lowest BCUT2D eigenvalue weighted by atomic mass is 10.1. The van der Waals surface area contributed by atoms with Gasteiger partial charge in [0, 0.05) is 5.69 Å². The molecule has 0 unspecified atom stereocenters. The zero-order valence-corrected chi connectivity index (χ0v) is 15.3. The maximum atomic E-state index is 12.3. The molecule has 0 atom stereocenters. The quantitative estimate of drug-likeness (QED) is 0.573. The van der Waals surface area contributed by atoms with Crippen molar-refractivity contribution in [2.75, 3.05) is 18.5 Å². The maximum Gasteiger partial charge on any atom is 0.266 e. The number of carbonyl (C=O) groups is 1. The van der Waals surface area contributed by atoms with Crippen molar-refractivity contribution in [1.29, 1.82) is 10.5 Å². The van der Waals surface area contributed by atoms with Crippen LogP contribution in [-0.2, 0) is 4.79 Å². The van der Waals surface area contributed by atoms with Crippen molar-refractivity contribution in [3.05, 3.63) is 58.6 Å². The molecule has 27 heavy (non-hydrogen) atoms. The van der Waals surface area contributed by atoms with E-state index in [1.54, 1.807) is 42.5 Å². The van der Waals surface area contributed by atoms with Gasteiger partial charge in [-0.15, -0.1) is 0 Å². The summed E-state index contributed by atoms with van der Waals surface area (Å²) in [6, 6.07) is 15.3. The average molecular weight is 382 g/mol. The molecule has 0 spiro atoms. The first-order chi connectivity index (χ1) is 13.1. The molecule has 0 heterocycles. The van der Waals surface area contributed by atoms with Crippen LogP contribution in [0.4, 0.5) is 5.69 Å². The summed E-state index contributed by atoms with van der Waals surface area (Å²) in [5, 5.41) is 20.8. The van der Waals surface area contributed by atoms with Gasteiger partial charge in [0.2, 0.25) is 0 Å². The highest BCUT2D eigenvalue weighted by atomic mass is 35.5. The lowest BCUT2D eigenvalue weighted by molar-refractivity contribution is -0.112. The Bertz CT molecular complexity index is 925. The van der Waals surface area contributed by atoms with E-state index >= 15 is 0 Å². The summed E-state index contributed by atoms with van der Waals surface area (Å²) in [5.74, 6) is 0.509. The molecule has 6 nitrogen and oxygen atoms in total. The first kappa shape index (κ1) is 19.8. The number of ether oxygens (including phenoxy) is 2. The van der Waals surface area contributed by atoms with Gasteiger partial charge in [-0.25, -0.2) is 0 Å². The van der Waals surface area contributed by atoms with E-state index in [9.17, 15) is 10.1 Å². The van der Waals surface area contributed by atoms with Gasteiger partial charge < -0.3 is 14.8 Å². The SMILES string of the molecule is CCOc1ccc(NC(=O)/C(C#N)=C/c2ccc(OCC#N)c(Cl)c2)cc1. The van der Waals surface area contributed by atoms with Crippen molar-refractivity contribution in [2.24, 2.45) is 0 Å². The van der Waals surface area contributed by atoms with E-state index in [1.807, 2.05) is 19.1 Å². The van der Waals surface area contributed by atoms with Gasteiger partial charge in [-0.2, -0.15) is 10.5 Å². The topological polar surface area (TPSA) is 95.1 Å². The Balaban J connectivity index is 2.13. The Kier molecular flexibility index (Phi) is 7.25. The van der Waals surface area contributed by atoms with Crippen LogP contribution in [0.5, 0.6) is 11.5 Å². The standard InChI is InChI=1S/C20H16ClN3O3/c1-2-26-17-6-4-16(5-7-17)24-20(25)15(13-23)11-14-3-8-19(18(21)12-14)27-10-9-22/h3-8,11-12H,2,10H2,1H3,(H,24,25)/b15-11+. The number of halogens is 1. The average Bonchev–Trinajstić information content (AvgIpc) is 2.67. The van der Waals surface area contributed by atoms with Crippen molar-refractivity contribution in [3.63, 3.8) is 0 Å². The molecule has 2 aromatic rings. The Morgan fingerprint density at radius 3 is 2.52 bits per heavy atom. The number of hydrogen-bond acceptors (Lipinski definition) is 5. The lowest BCUT2D eigenvalue weighted by Crippen LogP contribution is -2.13. The Morgan fingerprint density at radius 2 is 1.93 bits per heavy atom. The molecule has 0 aromatic heterocycles. The number of carbonyl (C=O) groups excluding carboxylic acids is 1. The van der Waals surface area contributed by atoms with Crippen molar-refractivity contribution in [3.8, 4) is 23.6 Å². The third kappa shape index (κ3) is 5.78. The van der Waals surface area contributed by atoms with Gasteiger partial charge in [0.15, 0.2) is 6.61 Å². The van der Waals surface area contributed by atoms with Gasteiger partial charge in [-0.1, -0.05) is 17.7 Å². The second-order valence-corrected chi connectivity index (χ2v) is 5.63. The number of hydrogen-bond donors (Lipinski definition) is 1. The van der Waals surface area contributed by atoms with E-state index in [4.69, 9.17) is 26.3 Å². The van der Waals surface area contributed by atoms with Crippen LogP contribution in [0, 0.1) is 22.7 Å². The Labute approximate surface area is 162 Å². The van der Waals surface area contributed by atoms with Crippen molar-refractivity contribution in [1.82, 2.24) is 0 Å². The maximum absolute atomic E-state index is 12.3. The number of nitrogens with one attached hydrogen (secondary N) is 1. The number of benzene rings is 2. The van der Waals surface area contributed by atoms with Gasteiger partial charge in [0.25, 0.3) is 5.91 Å². The number of nitrogens with zero attached hydrogens (tertiary/aromatic N) is 2. The molecular formula is C20H16ClN3O3. The second-order valence-electron chi connectivity index (χ2n) is 5.22. The first-order valence-electron chi connectivity index (χ1n) is 8.02. The molecule has 0 saturated carbocycles. The van der Waals surface area contributed by atoms with Crippen LogP contribution in [0.1, 0.15) is 12.5 Å². The van der Waals surface area contributed by atoms with Crippen molar-refractivity contribution < 1.29 is 14.3 Å². The number of rotatable bonds is 7. The van der Waals surface area contributed by atoms with E-state index < -0.39 is 5.91 Å². The molecule has 0 radical (unpaired) electrons. The van der Waals surface area contributed by atoms with Crippen LogP contribution in [-0.4, -0.2) is 19.1 Å². The summed E-state index contributed by atoms with van der Waals surface area (Å²) in [6.07, 6.45) is 1.42. The van der Waals surface area contributed by atoms with Crippen LogP contribution < -0.4 is 14.8 Å². The molecule has 136 valence electrons. The first-order valence-corrected chi connectivity index (χ1v) is 8.40. The third-order valence-electron chi connectivity index (χ3n) is 3.35. The highest BCUT2D eigenvalue weighted by Gasteiger charge is 2.11. The fraction of sp³-hybridized carbons (Fsp3) is 0.150. The van der Waals surface area contributed by atoms with Gasteiger partial charge in [0.1, 0.15) is 29.2 Å². The molecular weight excluding hydrogens is 366 g/mol. The summed E-state index contributed by atoms with van der Waals surface area (Å²) >= 11 is 6.08. The zero-order chi connectivity index (χ0) is 19.6. The van der Waals surface area contributed by atoms with Crippen LogP contribution in [0.2, 0.25) is 5.02 Å². The highest BCUT2D eigenvalue weighted by Crippen LogP contribution is 2.26. The van der Waals surface area contributed by atoms with E-state index in [2.05, 4.69) is 5.32 Å². The molecule has 0 saturated heterocycles. The fourth-order valence-electron chi connectivity index (χ4n) is 2.15. The van der Waals surface area contributed by atoms with E-state index in [0.29, 0.717) is 29.4 Å². The van der Waals surface area contributed by atoms with Crippen molar-refractivity contribution >= 4 is 29.3 Å². The highest BCUT2D eigenvalue weighted by molar-refractivity contribution is 6.32. The predicted molar refractivity (Wildman–Crippen MR) is 102 cm³/mol. The molecule has 1 amide bonds. The Morgan fingerprint density at radius 1 is 1.19 bits per heavy atom. The number of nitriles is 2. The van der Waals surface area contributed by atoms with Crippen LogP contribution in [0.3, 0.4) is 0 Å². The molecule has 0 fully saturated rings. The second kappa shape index (κ2) is 9.86. The van der Waals surface area contributed by atoms with Crippen LogP contribution >= 0.6 is 11.6 Å². The lowest BCUT2D eigenvalue weighted by Gasteiger charge is -2.07. The molecule has 1 N–H and O–H groups in total. The van der Waals surface area contributed by atoms with Crippen LogP contribution in [0.15, 0.2) is 48.0 Å². The smallest absolute Gasteiger partial charge is 0.266 e.